The van der Waals surface area contributed by atoms with Crippen LogP contribution in [0.2, 0.25) is 5.02 Å². The third-order valence-corrected chi connectivity index (χ3v) is 4.26. The van der Waals surface area contributed by atoms with Crippen molar-refractivity contribution in [1.29, 1.82) is 0 Å². The van der Waals surface area contributed by atoms with Crippen LogP contribution in [0.1, 0.15) is 22.8 Å². The second-order valence-corrected chi connectivity index (χ2v) is 5.78. The lowest BCUT2D eigenvalue weighted by Gasteiger charge is -2.15. The molecule has 0 saturated heterocycles. The molecule has 0 radical (unpaired) electrons. The number of nitrogens with zero attached hydrogens (tertiary/aromatic N) is 1. The second kappa shape index (κ2) is 5.47. The second-order valence-electron chi connectivity index (χ2n) is 5.34. The van der Waals surface area contributed by atoms with Crippen LogP contribution in [0.4, 0.5) is 5.69 Å². The minimum Gasteiger partial charge on any atom is -0.388 e. The average molecular weight is 304 g/mol. The highest BCUT2D eigenvalue weighted by atomic mass is 35.5. The fraction of sp³-hybridized carbons (Fsp3) is 0.250. The van der Waals surface area contributed by atoms with Gasteiger partial charge in [0.25, 0.3) is 5.69 Å². The molecule has 1 N–H and O–H groups in total. The normalized spacial score (nSPS) is 20.3. The minimum absolute atomic E-state index is 0.0560. The number of nitro groups is 1. The van der Waals surface area contributed by atoms with Crippen molar-refractivity contribution in [1.82, 2.24) is 0 Å². The van der Waals surface area contributed by atoms with Crippen molar-refractivity contribution in [3.8, 4) is 0 Å². The number of halogens is 1. The van der Waals surface area contributed by atoms with Gasteiger partial charge >= 0.3 is 0 Å². The number of nitro benzene ring substituents is 1. The van der Waals surface area contributed by atoms with Crippen LogP contribution < -0.4 is 0 Å². The fourth-order valence-corrected chi connectivity index (χ4v) is 3.21. The molecule has 3 rings (SSSR count). The van der Waals surface area contributed by atoms with Gasteiger partial charge < -0.3 is 5.11 Å². The predicted molar refractivity (Wildman–Crippen MR) is 80.4 cm³/mol. The molecule has 2 atom stereocenters. The Hall–Kier alpha value is -1.91. The van der Waals surface area contributed by atoms with Gasteiger partial charge in [-0.15, -0.1) is 0 Å². The van der Waals surface area contributed by atoms with Crippen molar-refractivity contribution >= 4 is 17.3 Å². The monoisotopic (exact) mass is 303 g/mol. The van der Waals surface area contributed by atoms with Crippen molar-refractivity contribution < 1.29 is 10.0 Å². The van der Waals surface area contributed by atoms with Gasteiger partial charge in [0, 0.05) is 16.7 Å². The molecule has 5 heteroatoms. The highest BCUT2D eigenvalue weighted by Crippen LogP contribution is 2.39. The molecular weight excluding hydrogens is 290 g/mol. The van der Waals surface area contributed by atoms with E-state index in [0.29, 0.717) is 17.0 Å². The summed E-state index contributed by atoms with van der Waals surface area (Å²) in [5, 5.41) is 22.0. The third-order valence-electron chi connectivity index (χ3n) is 4.02. The number of aliphatic hydroxyl groups excluding tert-OH is 1. The standard InChI is InChI=1S/C16H14ClNO3/c17-13-5-6-15(18(20)21)11(9-13)8-12-7-10-3-1-2-4-14(10)16(12)19/h1-6,9,12,16,19H,7-8H2. The molecule has 0 saturated carbocycles. The van der Waals surface area contributed by atoms with E-state index in [-0.39, 0.29) is 11.6 Å². The third kappa shape index (κ3) is 2.64. The van der Waals surface area contributed by atoms with E-state index in [0.717, 1.165) is 17.5 Å². The Balaban J connectivity index is 1.89. The Morgan fingerprint density at radius 2 is 2.05 bits per heavy atom. The number of benzene rings is 2. The van der Waals surface area contributed by atoms with Gasteiger partial charge in [0.05, 0.1) is 11.0 Å². The maximum atomic E-state index is 11.1. The number of hydrogen-bond acceptors (Lipinski definition) is 3. The van der Waals surface area contributed by atoms with Crippen LogP contribution >= 0.6 is 11.6 Å². The zero-order valence-electron chi connectivity index (χ0n) is 11.2. The van der Waals surface area contributed by atoms with Crippen LogP contribution in [0, 0.1) is 16.0 Å². The molecule has 0 amide bonds. The maximum absolute atomic E-state index is 11.1. The first kappa shape index (κ1) is 14.0. The van der Waals surface area contributed by atoms with Crippen LogP contribution in [0.5, 0.6) is 0 Å². The van der Waals surface area contributed by atoms with Crippen molar-refractivity contribution in [3.63, 3.8) is 0 Å². The molecule has 4 nitrogen and oxygen atoms in total. The molecule has 0 heterocycles. The van der Waals surface area contributed by atoms with Gasteiger partial charge in [-0.2, -0.15) is 0 Å². The predicted octanol–water partition coefficient (Wildman–Crippen LogP) is 3.70. The van der Waals surface area contributed by atoms with Crippen LogP contribution in [0.3, 0.4) is 0 Å². The Morgan fingerprint density at radius 3 is 2.76 bits per heavy atom. The number of hydrogen-bond donors (Lipinski definition) is 1. The maximum Gasteiger partial charge on any atom is 0.272 e. The molecule has 2 aromatic carbocycles. The molecule has 108 valence electrons. The molecule has 2 aromatic rings. The lowest BCUT2D eigenvalue weighted by molar-refractivity contribution is -0.385. The van der Waals surface area contributed by atoms with E-state index in [1.54, 1.807) is 6.07 Å². The van der Waals surface area contributed by atoms with Crippen molar-refractivity contribution in [2.45, 2.75) is 18.9 Å². The summed E-state index contributed by atoms with van der Waals surface area (Å²) in [6.07, 6.45) is 0.577. The van der Waals surface area contributed by atoms with E-state index in [2.05, 4.69) is 0 Å². The zero-order valence-corrected chi connectivity index (χ0v) is 12.0. The van der Waals surface area contributed by atoms with Crippen molar-refractivity contribution in [2.24, 2.45) is 5.92 Å². The van der Waals surface area contributed by atoms with Crippen LogP contribution in [0.15, 0.2) is 42.5 Å². The van der Waals surface area contributed by atoms with Crippen LogP contribution in [-0.2, 0) is 12.8 Å². The van der Waals surface area contributed by atoms with Crippen LogP contribution in [-0.4, -0.2) is 10.0 Å². The highest BCUT2D eigenvalue weighted by molar-refractivity contribution is 6.30. The quantitative estimate of drug-likeness (QED) is 0.694. The van der Waals surface area contributed by atoms with E-state index in [1.165, 1.54) is 12.1 Å². The Kier molecular flexibility index (Phi) is 3.66. The molecule has 0 fully saturated rings. The summed E-state index contributed by atoms with van der Waals surface area (Å²) < 4.78 is 0. The summed E-state index contributed by atoms with van der Waals surface area (Å²) in [4.78, 5) is 10.7. The summed E-state index contributed by atoms with van der Waals surface area (Å²) in [7, 11) is 0. The van der Waals surface area contributed by atoms with E-state index in [4.69, 9.17) is 11.6 Å². The Labute approximate surface area is 127 Å². The Bertz CT molecular complexity index is 702. The largest absolute Gasteiger partial charge is 0.388 e. The van der Waals surface area contributed by atoms with Gasteiger partial charge in [-0.1, -0.05) is 35.9 Å². The van der Waals surface area contributed by atoms with Gasteiger partial charge in [0.2, 0.25) is 0 Å². The fourth-order valence-electron chi connectivity index (χ4n) is 3.02. The molecule has 0 aliphatic heterocycles. The topological polar surface area (TPSA) is 63.4 Å². The van der Waals surface area contributed by atoms with Gasteiger partial charge in [-0.05, 0) is 42.0 Å². The van der Waals surface area contributed by atoms with Crippen molar-refractivity contribution in [2.75, 3.05) is 0 Å². The molecule has 0 aromatic heterocycles. The molecule has 1 aliphatic rings. The molecule has 21 heavy (non-hydrogen) atoms. The lowest BCUT2D eigenvalue weighted by atomic mass is 9.94. The van der Waals surface area contributed by atoms with Gasteiger partial charge in [0.15, 0.2) is 0 Å². The van der Waals surface area contributed by atoms with Crippen molar-refractivity contribution in [3.05, 3.63) is 74.3 Å². The minimum atomic E-state index is -0.584. The summed E-state index contributed by atoms with van der Waals surface area (Å²) in [6.45, 7) is 0. The van der Waals surface area contributed by atoms with Gasteiger partial charge in [0.1, 0.15) is 0 Å². The summed E-state index contributed by atoms with van der Waals surface area (Å²) >= 11 is 5.95. The molecule has 1 aliphatic carbocycles. The first-order valence-corrected chi connectivity index (χ1v) is 7.12. The number of fused-ring (bicyclic) bond motifs is 1. The summed E-state index contributed by atoms with van der Waals surface area (Å²) in [5.74, 6) is -0.0560. The van der Waals surface area contributed by atoms with Gasteiger partial charge in [-0.3, -0.25) is 10.1 Å². The lowest BCUT2D eigenvalue weighted by Crippen LogP contribution is -2.11. The first-order valence-electron chi connectivity index (χ1n) is 6.75. The van der Waals surface area contributed by atoms with E-state index in [1.807, 2.05) is 24.3 Å². The first-order chi connectivity index (χ1) is 10.1. The SMILES string of the molecule is O=[N+]([O-])c1ccc(Cl)cc1CC1Cc2ccccc2C1O. The summed E-state index contributed by atoms with van der Waals surface area (Å²) in [5.41, 5.74) is 2.67. The molecular formula is C16H14ClNO3. The number of rotatable bonds is 3. The number of aliphatic hydroxyl groups is 1. The molecule has 0 bridgehead atoms. The van der Waals surface area contributed by atoms with E-state index < -0.39 is 11.0 Å². The smallest absolute Gasteiger partial charge is 0.272 e. The highest BCUT2D eigenvalue weighted by Gasteiger charge is 2.32. The molecule has 0 spiro atoms. The Morgan fingerprint density at radius 1 is 1.29 bits per heavy atom. The van der Waals surface area contributed by atoms with E-state index >= 15 is 0 Å². The summed E-state index contributed by atoms with van der Waals surface area (Å²) in [6, 6.07) is 12.3. The van der Waals surface area contributed by atoms with Gasteiger partial charge in [-0.25, -0.2) is 0 Å². The zero-order chi connectivity index (χ0) is 15.0. The average Bonchev–Trinajstić information content (AvgIpc) is 2.76. The van der Waals surface area contributed by atoms with Crippen LogP contribution in [0.25, 0.3) is 0 Å². The van der Waals surface area contributed by atoms with E-state index in [9.17, 15) is 15.2 Å². The molecule has 2 unspecified atom stereocenters.